The highest BCUT2D eigenvalue weighted by atomic mass is 32.2. The number of thioether (sulfide) groups is 1. The van der Waals surface area contributed by atoms with E-state index in [0.717, 1.165) is 15.5 Å². The Bertz CT molecular complexity index is 893. The number of sulfonamides is 1. The highest BCUT2D eigenvalue weighted by Crippen LogP contribution is 2.30. The Morgan fingerprint density at radius 2 is 2.16 bits per heavy atom. The molecule has 1 aromatic heterocycles. The Morgan fingerprint density at radius 3 is 2.88 bits per heavy atom. The molecule has 1 N–H and O–H groups in total. The lowest BCUT2D eigenvalue weighted by Gasteiger charge is -2.24. The van der Waals surface area contributed by atoms with Crippen molar-refractivity contribution < 1.29 is 13.2 Å². The van der Waals surface area contributed by atoms with Crippen molar-refractivity contribution in [1.29, 1.82) is 0 Å². The van der Waals surface area contributed by atoms with Gasteiger partial charge in [-0.1, -0.05) is 12.1 Å². The molecule has 0 bridgehead atoms. The maximum Gasteiger partial charge on any atom is 0.258 e. The fraction of sp³-hybridized carbons (Fsp3) is 0.375. The number of thiazole rings is 1. The number of amides is 1. The minimum Gasteiger partial charge on any atom is -0.298 e. The van der Waals surface area contributed by atoms with E-state index < -0.39 is 10.0 Å². The van der Waals surface area contributed by atoms with Crippen molar-refractivity contribution in [2.45, 2.75) is 24.8 Å². The average Bonchev–Trinajstić information content (AvgIpc) is 3.02. The second kappa shape index (κ2) is 7.45. The molecule has 0 fully saturated rings. The molecule has 0 aliphatic carbocycles. The van der Waals surface area contributed by atoms with Crippen LogP contribution < -0.4 is 5.32 Å². The lowest BCUT2D eigenvalue weighted by molar-refractivity contribution is 0.102. The molecule has 2 aromatic rings. The van der Waals surface area contributed by atoms with Crippen LogP contribution in [0.2, 0.25) is 0 Å². The van der Waals surface area contributed by atoms with E-state index in [2.05, 4.69) is 10.3 Å². The molecule has 9 heteroatoms. The first-order valence-electron chi connectivity index (χ1n) is 7.85. The first-order valence-corrected chi connectivity index (χ1v) is 11.5. The van der Waals surface area contributed by atoms with Gasteiger partial charge in [-0.05, 0) is 25.3 Å². The first-order chi connectivity index (χ1) is 11.9. The molecule has 0 atom stereocenters. The largest absolute Gasteiger partial charge is 0.298 e. The van der Waals surface area contributed by atoms with E-state index in [1.807, 2.05) is 24.5 Å². The van der Waals surface area contributed by atoms with E-state index in [-0.39, 0.29) is 11.7 Å². The average molecular weight is 398 g/mol. The standard InChI is InChI=1S/C16H19N3O3S3/c1-3-25(21,22)19-9-8-12-14(10-19)24-16(17-12)18-15(20)11-6-4-5-7-13(11)23-2/h4-7H,3,8-10H2,1-2H3,(H,17,18,20). The van der Waals surface area contributed by atoms with Crippen LogP contribution in [0.3, 0.4) is 0 Å². The Morgan fingerprint density at radius 1 is 1.40 bits per heavy atom. The molecule has 6 nitrogen and oxygen atoms in total. The van der Waals surface area contributed by atoms with Crippen molar-refractivity contribution in [1.82, 2.24) is 9.29 Å². The Labute approximate surface area is 155 Å². The minimum atomic E-state index is -3.21. The summed E-state index contributed by atoms with van der Waals surface area (Å²) >= 11 is 2.86. The Balaban J connectivity index is 1.77. The molecule has 1 aliphatic rings. The number of hydrogen-bond acceptors (Lipinski definition) is 6. The topological polar surface area (TPSA) is 79.4 Å². The van der Waals surface area contributed by atoms with Crippen LogP contribution in [0.15, 0.2) is 29.2 Å². The van der Waals surface area contributed by atoms with E-state index in [9.17, 15) is 13.2 Å². The lowest BCUT2D eigenvalue weighted by Crippen LogP contribution is -2.36. The maximum absolute atomic E-state index is 12.5. The van der Waals surface area contributed by atoms with Gasteiger partial charge in [0.05, 0.1) is 17.0 Å². The number of anilines is 1. The van der Waals surface area contributed by atoms with Gasteiger partial charge in [-0.25, -0.2) is 13.4 Å². The summed E-state index contributed by atoms with van der Waals surface area (Å²) in [6.07, 6.45) is 2.50. The van der Waals surface area contributed by atoms with Crippen LogP contribution in [0.25, 0.3) is 0 Å². The number of fused-ring (bicyclic) bond motifs is 1. The van der Waals surface area contributed by atoms with Crippen LogP contribution in [-0.2, 0) is 23.0 Å². The van der Waals surface area contributed by atoms with E-state index >= 15 is 0 Å². The van der Waals surface area contributed by atoms with Crippen molar-refractivity contribution in [3.8, 4) is 0 Å². The van der Waals surface area contributed by atoms with Crippen LogP contribution >= 0.6 is 23.1 Å². The third-order valence-electron chi connectivity index (χ3n) is 4.03. The lowest BCUT2D eigenvalue weighted by atomic mass is 10.2. The summed E-state index contributed by atoms with van der Waals surface area (Å²) < 4.78 is 25.6. The summed E-state index contributed by atoms with van der Waals surface area (Å²) in [5.74, 6) is -0.106. The fourth-order valence-electron chi connectivity index (χ4n) is 2.64. The van der Waals surface area contributed by atoms with Crippen molar-refractivity contribution in [3.05, 3.63) is 40.4 Å². The summed E-state index contributed by atoms with van der Waals surface area (Å²) in [5, 5.41) is 3.36. The highest BCUT2D eigenvalue weighted by Gasteiger charge is 2.28. The summed E-state index contributed by atoms with van der Waals surface area (Å²) in [4.78, 5) is 18.8. The number of carbonyl (C=O) groups is 1. The molecule has 1 aliphatic heterocycles. The van der Waals surface area contributed by atoms with Crippen LogP contribution in [0.1, 0.15) is 27.9 Å². The SMILES string of the molecule is CCS(=O)(=O)N1CCc2nc(NC(=O)c3ccccc3SC)sc2C1. The zero-order valence-electron chi connectivity index (χ0n) is 14.0. The predicted molar refractivity (Wildman–Crippen MR) is 102 cm³/mol. The van der Waals surface area contributed by atoms with Crippen LogP contribution in [0, 0.1) is 0 Å². The van der Waals surface area contributed by atoms with Gasteiger partial charge in [0.15, 0.2) is 5.13 Å². The van der Waals surface area contributed by atoms with E-state index in [1.54, 1.807) is 13.0 Å². The molecule has 1 amide bonds. The quantitative estimate of drug-likeness (QED) is 0.785. The van der Waals surface area contributed by atoms with E-state index in [4.69, 9.17) is 0 Å². The minimum absolute atomic E-state index is 0.0935. The van der Waals surface area contributed by atoms with Crippen LogP contribution in [-0.4, -0.2) is 42.2 Å². The molecular formula is C16H19N3O3S3. The van der Waals surface area contributed by atoms with Gasteiger partial charge in [0, 0.05) is 29.3 Å². The van der Waals surface area contributed by atoms with Crippen molar-refractivity contribution in [2.24, 2.45) is 0 Å². The van der Waals surface area contributed by atoms with Crippen LogP contribution in [0.5, 0.6) is 0 Å². The molecule has 3 rings (SSSR count). The summed E-state index contributed by atoms with van der Waals surface area (Å²) in [5.41, 5.74) is 1.49. The van der Waals surface area contributed by atoms with Gasteiger partial charge in [-0.15, -0.1) is 23.1 Å². The summed E-state index contributed by atoms with van der Waals surface area (Å²) in [7, 11) is -3.21. The number of carbonyl (C=O) groups excluding carboxylic acids is 1. The zero-order chi connectivity index (χ0) is 18.0. The Kier molecular flexibility index (Phi) is 5.47. The summed E-state index contributed by atoms with van der Waals surface area (Å²) in [6.45, 7) is 2.42. The summed E-state index contributed by atoms with van der Waals surface area (Å²) in [6, 6.07) is 7.41. The Hall–Kier alpha value is -1.42. The number of benzene rings is 1. The zero-order valence-corrected chi connectivity index (χ0v) is 16.4. The first kappa shape index (κ1) is 18.4. The van der Waals surface area contributed by atoms with Gasteiger partial charge in [0.2, 0.25) is 10.0 Å². The number of hydrogen-bond donors (Lipinski definition) is 1. The van der Waals surface area contributed by atoms with Crippen molar-refractivity contribution >= 4 is 44.2 Å². The fourth-order valence-corrected chi connectivity index (χ4v) is 5.40. The van der Waals surface area contributed by atoms with Gasteiger partial charge in [0.1, 0.15) is 0 Å². The number of aromatic nitrogens is 1. The number of rotatable bonds is 5. The predicted octanol–water partition coefficient (Wildman–Crippen LogP) is 2.83. The normalized spacial score (nSPS) is 15.0. The van der Waals surface area contributed by atoms with Gasteiger partial charge >= 0.3 is 0 Å². The van der Waals surface area contributed by atoms with Crippen LogP contribution in [0.4, 0.5) is 5.13 Å². The van der Waals surface area contributed by atoms with E-state index in [0.29, 0.717) is 30.2 Å². The molecule has 25 heavy (non-hydrogen) atoms. The molecule has 0 spiro atoms. The van der Waals surface area contributed by atoms with Crippen molar-refractivity contribution in [2.75, 3.05) is 23.9 Å². The molecule has 0 radical (unpaired) electrons. The molecule has 0 saturated heterocycles. The van der Waals surface area contributed by atoms with Gasteiger partial charge in [0.25, 0.3) is 5.91 Å². The van der Waals surface area contributed by atoms with Gasteiger partial charge in [-0.3, -0.25) is 10.1 Å². The number of nitrogens with one attached hydrogen (secondary N) is 1. The second-order valence-electron chi connectivity index (χ2n) is 5.53. The third-order valence-corrected chi connectivity index (χ3v) is 7.65. The second-order valence-corrected chi connectivity index (χ2v) is 9.72. The smallest absolute Gasteiger partial charge is 0.258 e. The van der Waals surface area contributed by atoms with Crippen molar-refractivity contribution in [3.63, 3.8) is 0 Å². The number of nitrogens with zero attached hydrogens (tertiary/aromatic N) is 2. The van der Waals surface area contributed by atoms with Gasteiger partial charge < -0.3 is 0 Å². The molecule has 134 valence electrons. The van der Waals surface area contributed by atoms with Gasteiger partial charge in [-0.2, -0.15) is 4.31 Å². The molecule has 2 heterocycles. The third kappa shape index (κ3) is 3.89. The molecular weight excluding hydrogens is 378 g/mol. The molecule has 1 aromatic carbocycles. The monoisotopic (exact) mass is 397 g/mol. The molecule has 0 unspecified atom stereocenters. The maximum atomic E-state index is 12.5. The molecule has 0 saturated carbocycles. The highest BCUT2D eigenvalue weighted by molar-refractivity contribution is 7.98. The van der Waals surface area contributed by atoms with E-state index in [1.165, 1.54) is 27.4 Å².